The predicted octanol–water partition coefficient (Wildman–Crippen LogP) is 0.323. The number of carbonyl (C=O) groups excluding carboxylic acids is 1. The number of amides is 1. The van der Waals surface area contributed by atoms with Crippen molar-refractivity contribution >= 4 is 5.91 Å². The Morgan fingerprint density at radius 3 is 2.75 bits per heavy atom. The van der Waals surface area contributed by atoms with Crippen molar-refractivity contribution in [1.82, 2.24) is 5.32 Å². The second-order valence-electron chi connectivity index (χ2n) is 3.57. The molecule has 1 aromatic carbocycles. The van der Waals surface area contributed by atoms with Gasteiger partial charge in [0.1, 0.15) is 5.82 Å². The highest BCUT2D eigenvalue weighted by molar-refractivity contribution is 5.80. The summed E-state index contributed by atoms with van der Waals surface area (Å²) in [6, 6.07) is 5.23. The van der Waals surface area contributed by atoms with E-state index in [4.69, 9.17) is 5.73 Å². The molecule has 0 saturated carbocycles. The van der Waals surface area contributed by atoms with Gasteiger partial charge in [0.15, 0.2) is 0 Å². The Hall–Kier alpha value is -1.46. The minimum Gasteiger partial charge on any atom is -0.386 e. The average molecular weight is 226 g/mol. The van der Waals surface area contributed by atoms with Gasteiger partial charge >= 0.3 is 0 Å². The number of aliphatic hydroxyl groups is 1. The summed E-state index contributed by atoms with van der Waals surface area (Å²) in [6.07, 6.45) is -1.07. The quantitative estimate of drug-likeness (QED) is 0.692. The lowest BCUT2D eigenvalue weighted by Crippen LogP contribution is -2.40. The van der Waals surface area contributed by atoms with Crippen LogP contribution >= 0.6 is 0 Å². The van der Waals surface area contributed by atoms with Crippen molar-refractivity contribution < 1.29 is 14.3 Å². The first-order chi connectivity index (χ1) is 7.52. The minimum absolute atomic E-state index is 0.0543. The summed E-state index contributed by atoms with van der Waals surface area (Å²) in [7, 11) is 0. The molecule has 0 aliphatic carbocycles. The SMILES string of the molecule is C[C@@H](N)C(=O)NCC(O)c1ccccc1F. The topological polar surface area (TPSA) is 75.4 Å². The third kappa shape index (κ3) is 3.29. The van der Waals surface area contributed by atoms with E-state index in [9.17, 15) is 14.3 Å². The van der Waals surface area contributed by atoms with Crippen molar-refractivity contribution in [2.75, 3.05) is 6.54 Å². The number of rotatable bonds is 4. The second-order valence-corrected chi connectivity index (χ2v) is 3.57. The molecule has 0 saturated heterocycles. The molecule has 88 valence electrons. The third-order valence-corrected chi connectivity index (χ3v) is 2.15. The van der Waals surface area contributed by atoms with Crippen LogP contribution in [0.5, 0.6) is 0 Å². The molecule has 4 nitrogen and oxygen atoms in total. The Labute approximate surface area is 93.3 Å². The van der Waals surface area contributed by atoms with E-state index in [1.54, 1.807) is 6.07 Å². The predicted molar refractivity (Wildman–Crippen MR) is 58.0 cm³/mol. The van der Waals surface area contributed by atoms with Crippen LogP contribution in [0.25, 0.3) is 0 Å². The van der Waals surface area contributed by atoms with E-state index in [2.05, 4.69) is 5.32 Å². The van der Waals surface area contributed by atoms with Gasteiger partial charge in [-0.05, 0) is 13.0 Å². The standard InChI is InChI=1S/C11H15FN2O2/c1-7(13)11(16)14-6-10(15)8-4-2-3-5-9(8)12/h2-5,7,10,15H,6,13H2,1H3,(H,14,16)/t7-,10?/m1/s1. The Kier molecular flexibility index (Phi) is 4.39. The first-order valence-electron chi connectivity index (χ1n) is 4.98. The number of carbonyl (C=O) groups is 1. The fourth-order valence-corrected chi connectivity index (χ4v) is 1.21. The lowest BCUT2D eigenvalue weighted by molar-refractivity contribution is -0.122. The summed E-state index contributed by atoms with van der Waals surface area (Å²) in [4.78, 5) is 11.1. The Balaban J connectivity index is 2.56. The summed E-state index contributed by atoms with van der Waals surface area (Å²) >= 11 is 0. The van der Waals surface area contributed by atoms with Crippen LogP contribution in [0.1, 0.15) is 18.6 Å². The summed E-state index contributed by atoms with van der Waals surface area (Å²) in [5, 5.41) is 12.1. The molecule has 1 aromatic rings. The van der Waals surface area contributed by atoms with E-state index in [0.717, 1.165) is 0 Å². The van der Waals surface area contributed by atoms with Gasteiger partial charge < -0.3 is 16.2 Å². The number of nitrogens with two attached hydrogens (primary N) is 1. The van der Waals surface area contributed by atoms with Gasteiger partial charge in [-0.2, -0.15) is 0 Å². The van der Waals surface area contributed by atoms with E-state index in [-0.39, 0.29) is 18.0 Å². The molecule has 5 heteroatoms. The van der Waals surface area contributed by atoms with Gasteiger partial charge in [0.25, 0.3) is 0 Å². The van der Waals surface area contributed by atoms with Crippen LogP contribution in [-0.4, -0.2) is 23.6 Å². The molecule has 1 rings (SSSR count). The number of hydrogen-bond acceptors (Lipinski definition) is 3. The van der Waals surface area contributed by atoms with Gasteiger partial charge in [0, 0.05) is 12.1 Å². The Morgan fingerprint density at radius 1 is 1.56 bits per heavy atom. The molecule has 1 amide bonds. The molecule has 4 N–H and O–H groups in total. The Morgan fingerprint density at radius 2 is 2.19 bits per heavy atom. The first-order valence-corrected chi connectivity index (χ1v) is 4.98. The van der Waals surface area contributed by atoms with Gasteiger partial charge in [-0.1, -0.05) is 18.2 Å². The molecule has 0 fully saturated rings. The van der Waals surface area contributed by atoms with Crippen molar-refractivity contribution in [3.8, 4) is 0 Å². The molecule has 0 spiro atoms. The molecule has 0 aromatic heterocycles. The van der Waals surface area contributed by atoms with Crippen LogP contribution in [0, 0.1) is 5.82 Å². The molecule has 2 atom stereocenters. The molecule has 0 aliphatic heterocycles. The van der Waals surface area contributed by atoms with E-state index < -0.39 is 18.0 Å². The fraction of sp³-hybridized carbons (Fsp3) is 0.364. The average Bonchev–Trinajstić information content (AvgIpc) is 2.25. The molecular weight excluding hydrogens is 211 g/mol. The van der Waals surface area contributed by atoms with Crippen LogP contribution in [0.15, 0.2) is 24.3 Å². The summed E-state index contributed by atoms with van der Waals surface area (Å²) in [5.41, 5.74) is 5.48. The molecule has 0 bridgehead atoms. The number of halogens is 1. The monoisotopic (exact) mass is 226 g/mol. The number of nitrogens with one attached hydrogen (secondary N) is 1. The van der Waals surface area contributed by atoms with Gasteiger partial charge in [0.2, 0.25) is 5.91 Å². The molecule has 0 heterocycles. The zero-order chi connectivity index (χ0) is 12.1. The van der Waals surface area contributed by atoms with Crippen LogP contribution in [0.3, 0.4) is 0 Å². The van der Waals surface area contributed by atoms with Gasteiger partial charge in [0.05, 0.1) is 12.1 Å². The molecule has 16 heavy (non-hydrogen) atoms. The normalized spacial score (nSPS) is 14.2. The zero-order valence-corrected chi connectivity index (χ0v) is 8.98. The van der Waals surface area contributed by atoms with Gasteiger partial charge in [-0.25, -0.2) is 4.39 Å². The fourth-order valence-electron chi connectivity index (χ4n) is 1.21. The number of hydrogen-bond donors (Lipinski definition) is 3. The molecule has 1 unspecified atom stereocenters. The van der Waals surface area contributed by atoms with Crippen LogP contribution in [0.4, 0.5) is 4.39 Å². The van der Waals surface area contributed by atoms with Gasteiger partial charge in [-0.3, -0.25) is 4.79 Å². The molecule has 0 radical (unpaired) electrons. The van der Waals surface area contributed by atoms with Crippen LogP contribution < -0.4 is 11.1 Å². The molecular formula is C11H15FN2O2. The summed E-state index contributed by atoms with van der Waals surface area (Å²) < 4.78 is 13.2. The second kappa shape index (κ2) is 5.58. The van der Waals surface area contributed by atoms with Crippen molar-refractivity contribution in [1.29, 1.82) is 0 Å². The van der Waals surface area contributed by atoms with Crippen molar-refractivity contribution in [3.05, 3.63) is 35.6 Å². The lowest BCUT2D eigenvalue weighted by atomic mass is 10.1. The molecule has 0 aliphatic rings. The first kappa shape index (κ1) is 12.6. The maximum absolute atomic E-state index is 13.2. The third-order valence-electron chi connectivity index (χ3n) is 2.15. The highest BCUT2D eigenvalue weighted by atomic mass is 19.1. The summed E-state index contributed by atoms with van der Waals surface area (Å²) in [6.45, 7) is 1.48. The number of benzene rings is 1. The van der Waals surface area contributed by atoms with Crippen molar-refractivity contribution in [2.24, 2.45) is 5.73 Å². The Bertz CT molecular complexity index is 369. The smallest absolute Gasteiger partial charge is 0.236 e. The number of aliphatic hydroxyl groups excluding tert-OH is 1. The highest BCUT2D eigenvalue weighted by Gasteiger charge is 2.14. The van der Waals surface area contributed by atoms with Gasteiger partial charge in [-0.15, -0.1) is 0 Å². The van der Waals surface area contributed by atoms with E-state index in [1.165, 1.54) is 25.1 Å². The highest BCUT2D eigenvalue weighted by Crippen LogP contribution is 2.15. The maximum atomic E-state index is 13.2. The van der Waals surface area contributed by atoms with Crippen molar-refractivity contribution in [2.45, 2.75) is 19.1 Å². The van der Waals surface area contributed by atoms with E-state index in [1.807, 2.05) is 0 Å². The lowest BCUT2D eigenvalue weighted by Gasteiger charge is -2.14. The summed E-state index contributed by atoms with van der Waals surface area (Å²) in [5.74, 6) is -0.875. The largest absolute Gasteiger partial charge is 0.386 e. The van der Waals surface area contributed by atoms with Crippen LogP contribution in [-0.2, 0) is 4.79 Å². The zero-order valence-electron chi connectivity index (χ0n) is 8.98. The van der Waals surface area contributed by atoms with Crippen molar-refractivity contribution in [3.63, 3.8) is 0 Å². The maximum Gasteiger partial charge on any atom is 0.236 e. The van der Waals surface area contributed by atoms with Crippen LogP contribution in [0.2, 0.25) is 0 Å². The van der Waals surface area contributed by atoms with E-state index in [0.29, 0.717) is 0 Å². The van der Waals surface area contributed by atoms with E-state index >= 15 is 0 Å². The minimum atomic E-state index is -1.07.